The highest BCUT2D eigenvalue weighted by atomic mass is 16.2. The molecule has 1 aliphatic rings. The number of amides is 1. The van der Waals surface area contributed by atoms with Crippen molar-refractivity contribution in [2.75, 3.05) is 26.2 Å². The maximum Gasteiger partial charge on any atom is 0.225 e. The molecule has 3 nitrogen and oxygen atoms in total. The van der Waals surface area contributed by atoms with Crippen LogP contribution < -0.4 is 0 Å². The Labute approximate surface area is 99.1 Å². The molecule has 0 spiro atoms. The zero-order valence-corrected chi connectivity index (χ0v) is 11.0. The Balaban J connectivity index is 2.45. The van der Waals surface area contributed by atoms with Gasteiger partial charge in [-0.25, -0.2) is 0 Å². The minimum Gasteiger partial charge on any atom is -0.372 e. The fourth-order valence-electron chi connectivity index (χ4n) is 1.94. The van der Waals surface area contributed by atoms with E-state index in [1.807, 2.05) is 18.7 Å². The van der Waals surface area contributed by atoms with Crippen molar-refractivity contribution in [1.82, 2.24) is 9.80 Å². The van der Waals surface area contributed by atoms with Crippen molar-refractivity contribution in [1.29, 1.82) is 0 Å². The van der Waals surface area contributed by atoms with Gasteiger partial charge in [0, 0.05) is 37.8 Å². The molecule has 0 saturated carbocycles. The number of hydrogen-bond acceptors (Lipinski definition) is 2. The smallest absolute Gasteiger partial charge is 0.225 e. The lowest BCUT2D eigenvalue weighted by molar-refractivity contribution is -0.136. The van der Waals surface area contributed by atoms with Crippen LogP contribution in [0.1, 0.15) is 27.7 Å². The van der Waals surface area contributed by atoms with Crippen molar-refractivity contribution in [3.63, 3.8) is 0 Å². The summed E-state index contributed by atoms with van der Waals surface area (Å²) in [6, 6.07) is 0. The van der Waals surface area contributed by atoms with Gasteiger partial charge in [-0.2, -0.15) is 0 Å². The topological polar surface area (TPSA) is 23.6 Å². The predicted molar refractivity (Wildman–Crippen MR) is 67.0 cm³/mol. The third kappa shape index (κ3) is 3.00. The van der Waals surface area contributed by atoms with Crippen molar-refractivity contribution >= 4 is 5.91 Å². The molecule has 0 aliphatic carbocycles. The summed E-state index contributed by atoms with van der Waals surface area (Å²) in [5.74, 6) is 0.877. The fourth-order valence-corrected chi connectivity index (χ4v) is 1.94. The van der Waals surface area contributed by atoms with E-state index in [0.717, 1.165) is 26.2 Å². The first-order chi connectivity index (χ1) is 7.43. The van der Waals surface area contributed by atoms with Crippen LogP contribution in [0.15, 0.2) is 12.3 Å². The molecule has 0 atom stereocenters. The van der Waals surface area contributed by atoms with Gasteiger partial charge in [-0.15, -0.1) is 0 Å². The van der Waals surface area contributed by atoms with Crippen LogP contribution >= 0.6 is 0 Å². The van der Waals surface area contributed by atoms with Gasteiger partial charge in [-0.1, -0.05) is 34.3 Å². The summed E-state index contributed by atoms with van der Waals surface area (Å²) in [6.07, 6.45) is 0. The molecule has 0 unspecified atom stereocenters. The molecule has 16 heavy (non-hydrogen) atoms. The van der Waals surface area contributed by atoms with Gasteiger partial charge < -0.3 is 9.80 Å². The average molecular weight is 224 g/mol. The standard InChI is InChI=1S/C13H24N2O/c1-10(2)12(5)14-6-8-15(9-7-14)13(16)11(3)4/h10-11H,5-9H2,1-4H3. The molecule has 0 bridgehead atoms. The molecule has 3 heteroatoms. The van der Waals surface area contributed by atoms with Gasteiger partial charge in [0.25, 0.3) is 0 Å². The molecule has 1 heterocycles. The van der Waals surface area contributed by atoms with E-state index >= 15 is 0 Å². The van der Waals surface area contributed by atoms with Crippen LogP contribution in [-0.4, -0.2) is 41.9 Å². The minimum atomic E-state index is 0.111. The van der Waals surface area contributed by atoms with E-state index in [1.54, 1.807) is 0 Å². The molecule has 0 N–H and O–H groups in total. The second-order valence-corrected chi connectivity index (χ2v) is 5.11. The Morgan fingerprint density at radius 1 is 0.938 bits per heavy atom. The van der Waals surface area contributed by atoms with E-state index in [-0.39, 0.29) is 11.8 Å². The lowest BCUT2D eigenvalue weighted by Crippen LogP contribution is -2.49. The summed E-state index contributed by atoms with van der Waals surface area (Å²) in [5, 5.41) is 0. The molecular formula is C13H24N2O. The largest absolute Gasteiger partial charge is 0.372 e. The first-order valence-corrected chi connectivity index (χ1v) is 6.16. The Morgan fingerprint density at radius 2 is 1.38 bits per heavy atom. The number of hydrogen-bond donors (Lipinski definition) is 0. The van der Waals surface area contributed by atoms with Crippen LogP contribution in [-0.2, 0) is 4.79 Å². The highest BCUT2D eigenvalue weighted by Crippen LogP contribution is 2.16. The molecule has 1 aliphatic heterocycles. The van der Waals surface area contributed by atoms with E-state index in [2.05, 4.69) is 25.3 Å². The lowest BCUT2D eigenvalue weighted by Gasteiger charge is -2.38. The van der Waals surface area contributed by atoms with Gasteiger partial charge in [-0.3, -0.25) is 4.79 Å². The Hall–Kier alpha value is -0.990. The van der Waals surface area contributed by atoms with Crippen LogP contribution in [0.4, 0.5) is 0 Å². The molecule has 1 saturated heterocycles. The van der Waals surface area contributed by atoms with E-state index in [1.165, 1.54) is 5.70 Å². The Morgan fingerprint density at radius 3 is 1.75 bits per heavy atom. The van der Waals surface area contributed by atoms with Crippen LogP contribution in [0.2, 0.25) is 0 Å². The number of piperazine rings is 1. The third-order valence-electron chi connectivity index (χ3n) is 3.16. The van der Waals surface area contributed by atoms with Gasteiger partial charge in [0.05, 0.1) is 0 Å². The second-order valence-electron chi connectivity index (χ2n) is 5.11. The van der Waals surface area contributed by atoms with Gasteiger partial charge in [0.1, 0.15) is 0 Å². The minimum absolute atomic E-state index is 0.111. The SMILES string of the molecule is C=C(C(C)C)N1CCN(C(=O)C(C)C)CC1. The molecule has 0 aromatic heterocycles. The monoisotopic (exact) mass is 224 g/mol. The van der Waals surface area contributed by atoms with E-state index in [9.17, 15) is 4.79 Å². The summed E-state index contributed by atoms with van der Waals surface area (Å²) in [7, 11) is 0. The molecular weight excluding hydrogens is 200 g/mol. The van der Waals surface area contributed by atoms with Crippen molar-refractivity contribution in [2.45, 2.75) is 27.7 Å². The molecule has 1 rings (SSSR count). The van der Waals surface area contributed by atoms with Crippen LogP contribution in [0.25, 0.3) is 0 Å². The van der Waals surface area contributed by atoms with Gasteiger partial charge >= 0.3 is 0 Å². The Kier molecular flexibility index (Phi) is 4.39. The second kappa shape index (κ2) is 5.37. The van der Waals surface area contributed by atoms with Crippen LogP contribution in [0.5, 0.6) is 0 Å². The summed E-state index contributed by atoms with van der Waals surface area (Å²) in [6.45, 7) is 15.9. The van der Waals surface area contributed by atoms with E-state index in [4.69, 9.17) is 0 Å². The highest BCUT2D eigenvalue weighted by molar-refractivity contribution is 5.78. The van der Waals surface area contributed by atoms with Crippen LogP contribution in [0, 0.1) is 11.8 Å². The maximum absolute atomic E-state index is 11.8. The van der Waals surface area contributed by atoms with E-state index in [0.29, 0.717) is 5.92 Å². The van der Waals surface area contributed by atoms with Crippen molar-refractivity contribution in [2.24, 2.45) is 11.8 Å². The number of allylic oxidation sites excluding steroid dienone is 1. The summed E-state index contributed by atoms with van der Waals surface area (Å²) >= 11 is 0. The summed E-state index contributed by atoms with van der Waals surface area (Å²) in [5.41, 5.74) is 1.19. The molecule has 0 radical (unpaired) electrons. The van der Waals surface area contributed by atoms with Crippen molar-refractivity contribution < 1.29 is 4.79 Å². The van der Waals surface area contributed by atoms with Crippen molar-refractivity contribution in [3.05, 3.63) is 12.3 Å². The number of carbonyl (C=O) groups is 1. The van der Waals surface area contributed by atoms with Crippen LogP contribution in [0.3, 0.4) is 0 Å². The number of nitrogens with zero attached hydrogens (tertiary/aromatic N) is 2. The molecule has 0 aromatic rings. The third-order valence-corrected chi connectivity index (χ3v) is 3.16. The van der Waals surface area contributed by atoms with Gasteiger partial charge in [0.15, 0.2) is 0 Å². The predicted octanol–water partition coefficient (Wildman–Crippen LogP) is 1.96. The highest BCUT2D eigenvalue weighted by Gasteiger charge is 2.23. The average Bonchev–Trinajstić information content (AvgIpc) is 2.27. The lowest BCUT2D eigenvalue weighted by atomic mass is 10.1. The van der Waals surface area contributed by atoms with Gasteiger partial charge in [0.2, 0.25) is 5.91 Å². The zero-order valence-electron chi connectivity index (χ0n) is 11.0. The molecule has 1 fully saturated rings. The molecule has 92 valence electrons. The van der Waals surface area contributed by atoms with Gasteiger partial charge in [-0.05, 0) is 5.92 Å². The maximum atomic E-state index is 11.8. The van der Waals surface area contributed by atoms with E-state index < -0.39 is 0 Å². The number of carbonyl (C=O) groups excluding carboxylic acids is 1. The van der Waals surface area contributed by atoms with Crippen molar-refractivity contribution in [3.8, 4) is 0 Å². The molecule has 1 amide bonds. The normalized spacial score (nSPS) is 17.1. The fraction of sp³-hybridized carbons (Fsp3) is 0.769. The Bertz CT molecular complexity index is 235. The summed E-state index contributed by atoms with van der Waals surface area (Å²) < 4.78 is 0. The zero-order chi connectivity index (χ0) is 12.3. The quantitative estimate of drug-likeness (QED) is 0.731. The first kappa shape index (κ1) is 13.1. The first-order valence-electron chi connectivity index (χ1n) is 6.16. The molecule has 0 aromatic carbocycles. The summed E-state index contributed by atoms with van der Waals surface area (Å²) in [4.78, 5) is 16.1. The number of rotatable bonds is 3.